The van der Waals surface area contributed by atoms with Crippen LogP contribution in [0.4, 0.5) is 32.0 Å². The molecule has 1 aliphatic rings. The summed E-state index contributed by atoms with van der Waals surface area (Å²) in [6.45, 7) is 0.0425. The van der Waals surface area contributed by atoms with Crippen molar-refractivity contribution in [2.75, 3.05) is 17.8 Å². The Morgan fingerprint density at radius 2 is 1.72 bits per heavy atom. The normalized spacial score (nSPS) is 14.5. The molecule has 1 fully saturated rings. The fourth-order valence-corrected chi connectivity index (χ4v) is 5.36. The van der Waals surface area contributed by atoms with Crippen LogP contribution in [0.5, 0.6) is 11.5 Å². The Hall–Kier alpha value is -4.68. The van der Waals surface area contributed by atoms with Gasteiger partial charge in [0.05, 0.1) is 37.3 Å². The predicted molar refractivity (Wildman–Crippen MR) is 164 cm³/mol. The minimum absolute atomic E-state index is 0.00741. The fourth-order valence-electron chi connectivity index (χ4n) is 4.29. The summed E-state index contributed by atoms with van der Waals surface area (Å²) in [4.78, 5) is 27.7. The third-order valence-electron chi connectivity index (χ3n) is 6.32. The van der Waals surface area contributed by atoms with Crippen LogP contribution in [0, 0.1) is 0 Å². The molecule has 5 rings (SSSR count). The third kappa shape index (κ3) is 8.99. The second-order valence-corrected chi connectivity index (χ2v) is 11.0. The van der Waals surface area contributed by atoms with Crippen molar-refractivity contribution in [1.29, 1.82) is 0 Å². The van der Waals surface area contributed by atoms with E-state index in [1.165, 1.54) is 60.6 Å². The van der Waals surface area contributed by atoms with Crippen molar-refractivity contribution in [1.82, 2.24) is 20.2 Å². The fraction of sp³-hybridized carbons (Fsp3) is 0.207. The number of anilines is 1. The molecule has 0 saturated carbocycles. The van der Waals surface area contributed by atoms with Gasteiger partial charge in [-0.3, -0.25) is 14.5 Å². The summed E-state index contributed by atoms with van der Waals surface area (Å²) in [6, 6.07) is 16.1. The Balaban J connectivity index is 1.19. The number of hydrogen-bond donors (Lipinski definition) is 1. The number of ether oxygens (including phenoxy) is 2. The summed E-state index contributed by atoms with van der Waals surface area (Å²) in [7, 11) is 1.36. The zero-order chi connectivity index (χ0) is 33.8. The molecule has 1 aliphatic heterocycles. The molecule has 0 unspecified atom stereocenters. The molecule has 1 amide bonds. The first kappa shape index (κ1) is 33.7. The number of nitrogens with one attached hydrogen (secondary N) is 1. The van der Waals surface area contributed by atoms with E-state index in [1.54, 1.807) is 24.3 Å². The number of hydrogen-bond acceptors (Lipinski definition) is 8. The molecule has 4 aromatic rings. The summed E-state index contributed by atoms with van der Waals surface area (Å²) < 4.78 is 87.3. The average molecular weight is 697 g/mol. The van der Waals surface area contributed by atoms with E-state index in [-0.39, 0.29) is 45.4 Å². The largest absolute Gasteiger partial charge is 0.573 e. The van der Waals surface area contributed by atoms with Gasteiger partial charge in [-0.2, -0.15) is 18.2 Å². The van der Waals surface area contributed by atoms with Crippen molar-refractivity contribution in [2.24, 2.45) is 4.99 Å². The zero-order valence-corrected chi connectivity index (χ0v) is 25.6. The first-order valence-corrected chi connectivity index (χ1v) is 14.7. The van der Waals surface area contributed by atoms with Gasteiger partial charge in [0.1, 0.15) is 17.8 Å². The number of methoxy groups -OCH3 is 1. The second-order valence-electron chi connectivity index (χ2n) is 9.65. The molecule has 0 aliphatic carbocycles. The van der Waals surface area contributed by atoms with Crippen LogP contribution in [0.25, 0.3) is 17.1 Å². The number of rotatable bonds is 9. The van der Waals surface area contributed by atoms with Gasteiger partial charge in [-0.05, 0) is 53.7 Å². The summed E-state index contributed by atoms with van der Waals surface area (Å²) in [5.41, 5.74) is 4.21. The van der Waals surface area contributed by atoms with Gasteiger partial charge in [0.25, 0.3) is 0 Å². The number of halogens is 6. The van der Waals surface area contributed by atoms with Crippen LogP contribution in [0.15, 0.2) is 78.0 Å². The van der Waals surface area contributed by atoms with E-state index >= 15 is 0 Å². The smallest absolute Gasteiger partial charge is 0.497 e. The van der Waals surface area contributed by atoms with Gasteiger partial charge < -0.3 is 9.47 Å². The number of carbonyl (C=O) groups excluding carboxylic acids is 1. The number of benzene rings is 3. The van der Waals surface area contributed by atoms with Crippen molar-refractivity contribution in [3.05, 3.63) is 84.2 Å². The van der Waals surface area contributed by atoms with Crippen molar-refractivity contribution in [3.8, 4) is 28.6 Å². The minimum Gasteiger partial charge on any atom is -0.497 e. The van der Waals surface area contributed by atoms with Gasteiger partial charge in [-0.25, -0.2) is 15.1 Å². The predicted octanol–water partition coefficient (Wildman–Crippen LogP) is 6.39. The Kier molecular flexibility index (Phi) is 10.0. The molecule has 18 heteroatoms. The third-order valence-corrected chi connectivity index (χ3v) is 7.42. The lowest BCUT2D eigenvalue weighted by Gasteiger charge is -2.21. The summed E-state index contributed by atoms with van der Waals surface area (Å²) in [5.74, 6) is -0.244. The molecule has 1 N–H and O–H groups in total. The number of amidine groups is 1. The Morgan fingerprint density at radius 3 is 2.38 bits per heavy atom. The Bertz CT molecular complexity index is 1780. The maximum Gasteiger partial charge on any atom is 0.573 e. The van der Waals surface area contributed by atoms with Crippen LogP contribution < -0.4 is 19.9 Å². The number of thiocarbonyl (C=S) groups is 1. The highest BCUT2D eigenvalue weighted by molar-refractivity contribution is 8.15. The SMILES string of the molecule is COc1ccc(CC(F)(F)F)c(N2C(=O)CS/C2=N\C(=S)NOCc2ccc(-c3ncn(-c4ccc(OC(F)(F)F)cc4)n3)cc2)c1. The first-order chi connectivity index (χ1) is 22.3. The molecule has 1 saturated heterocycles. The molecule has 0 radical (unpaired) electrons. The van der Waals surface area contributed by atoms with Crippen molar-refractivity contribution in [2.45, 2.75) is 25.6 Å². The van der Waals surface area contributed by atoms with Gasteiger partial charge in [0.15, 0.2) is 11.0 Å². The summed E-state index contributed by atoms with van der Waals surface area (Å²) in [6.07, 6.45) is -9.14. The summed E-state index contributed by atoms with van der Waals surface area (Å²) >= 11 is 6.23. The topological polar surface area (TPSA) is 103 Å². The Labute approximate surface area is 272 Å². The lowest BCUT2D eigenvalue weighted by molar-refractivity contribution is -0.274. The number of aliphatic imine (C=N–C) groups is 1. The van der Waals surface area contributed by atoms with E-state index in [0.717, 1.165) is 22.2 Å². The number of hydroxylamine groups is 1. The lowest BCUT2D eigenvalue weighted by atomic mass is 10.1. The standard InChI is InChI=1S/C29H22F6N6O4S2/c1-43-22-9-6-19(13-28(30,31)32)23(12-22)41-24(42)15-47-27(41)37-26(46)39-44-14-17-2-4-18(5-3-17)25-36-16-40(38-25)20-7-10-21(11-8-20)45-29(33,34)35/h2-12,16H,13-15H2,1H3,(H,39,46)/b37-27-. The van der Waals surface area contributed by atoms with E-state index in [4.69, 9.17) is 21.8 Å². The molecule has 3 aromatic carbocycles. The van der Waals surface area contributed by atoms with Crippen molar-refractivity contribution < 1.29 is 45.4 Å². The molecule has 0 atom stereocenters. The van der Waals surface area contributed by atoms with Gasteiger partial charge in [0.2, 0.25) is 11.0 Å². The molecule has 0 bridgehead atoms. The first-order valence-electron chi connectivity index (χ1n) is 13.3. The highest BCUT2D eigenvalue weighted by Gasteiger charge is 2.35. The van der Waals surface area contributed by atoms with Gasteiger partial charge in [0, 0.05) is 11.6 Å². The zero-order valence-electron chi connectivity index (χ0n) is 24.0. The van der Waals surface area contributed by atoms with Crippen LogP contribution in [-0.2, 0) is 22.7 Å². The molecule has 0 spiro atoms. The minimum atomic E-state index is -4.79. The van der Waals surface area contributed by atoms with Crippen LogP contribution in [-0.4, -0.2) is 56.4 Å². The van der Waals surface area contributed by atoms with Crippen LogP contribution in [0.2, 0.25) is 0 Å². The van der Waals surface area contributed by atoms with Gasteiger partial charge in [-0.1, -0.05) is 42.1 Å². The second kappa shape index (κ2) is 14.0. The monoisotopic (exact) mass is 696 g/mol. The van der Waals surface area contributed by atoms with E-state index in [9.17, 15) is 31.1 Å². The van der Waals surface area contributed by atoms with E-state index in [2.05, 4.69) is 25.3 Å². The van der Waals surface area contributed by atoms with Gasteiger partial charge in [-0.15, -0.1) is 18.3 Å². The van der Waals surface area contributed by atoms with Crippen LogP contribution >= 0.6 is 24.0 Å². The van der Waals surface area contributed by atoms with Crippen molar-refractivity contribution >= 4 is 45.9 Å². The molecular weight excluding hydrogens is 674 g/mol. The number of thioether (sulfide) groups is 1. The molecule has 2 heterocycles. The molecule has 1 aromatic heterocycles. The quantitative estimate of drug-likeness (QED) is 0.121. The van der Waals surface area contributed by atoms with Gasteiger partial charge >= 0.3 is 12.5 Å². The average Bonchev–Trinajstić information content (AvgIpc) is 3.64. The lowest BCUT2D eigenvalue weighted by Crippen LogP contribution is -2.32. The maximum atomic E-state index is 13.2. The number of nitrogens with zero attached hydrogens (tertiary/aromatic N) is 5. The highest BCUT2D eigenvalue weighted by atomic mass is 32.2. The van der Waals surface area contributed by atoms with E-state index < -0.39 is 24.9 Å². The maximum absolute atomic E-state index is 13.2. The number of amides is 1. The highest BCUT2D eigenvalue weighted by Crippen LogP contribution is 2.36. The van der Waals surface area contributed by atoms with Crippen LogP contribution in [0.3, 0.4) is 0 Å². The van der Waals surface area contributed by atoms with Crippen LogP contribution in [0.1, 0.15) is 11.1 Å². The van der Waals surface area contributed by atoms with Crippen molar-refractivity contribution in [3.63, 3.8) is 0 Å². The molecule has 10 nitrogen and oxygen atoms in total. The van der Waals surface area contributed by atoms with E-state index in [0.29, 0.717) is 17.1 Å². The molecule has 246 valence electrons. The Morgan fingerprint density at radius 1 is 1.02 bits per heavy atom. The number of carbonyl (C=O) groups is 1. The summed E-state index contributed by atoms with van der Waals surface area (Å²) in [5, 5.41) is 4.28. The molecule has 47 heavy (non-hydrogen) atoms. The number of aromatic nitrogens is 3. The van der Waals surface area contributed by atoms with E-state index in [1.807, 2.05) is 0 Å². The number of alkyl halides is 6. The molecular formula is C29H22F6N6O4S2.